The first kappa shape index (κ1) is 11.5. The van der Waals surface area contributed by atoms with Gasteiger partial charge in [-0.1, -0.05) is 18.2 Å². The summed E-state index contributed by atoms with van der Waals surface area (Å²) in [4.78, 5) is 22.0. The van der Waals surface area contributed by atoms with Crippen molar-refractivity contribution in [3.05, 3.63) is 24.3 Å². The van der Waals surface area contributed by atoms with Gasteiger partial charge in [0.05, 0.1) is 12.8 Å². The molecule has 0 amide bonds. The van der Waals surface area contributed by atoms with Crippen molar-refractivity contribution < 1.29 is 24.2 Å². The molecule has 1 saturated heterocycles. The molecule has 1 fully saturated rings. The number of carbonyl (C=O) groups is 2. The van der Waals surface area contributed by atoms with Gasteiger partial charge in [0, 0.05) is 6.08 Å². The highest BCUT2D eigenvalue weighted by atomic mass is 16.8. The first-order valence-corrected chi connectivity index (χ1v) is 4.52. The molecule has 82 valence electrons. The Balaban J connectivity index is 2.78. The molecule has 5 nitrogen and oxygen atoms in total. The topological polar surface area (TPSA) is 72.8 Å². The number of hydrogen-bond acceptors (Lipinski definition) is 5. The second kappa shape index (κ2) is 4.75. The maximum absolute atomic E-state index is 11.0. The van der Waals surface area contributed by atoms with Gasteiger partial charge in [-0.15, -0.1) is 0 Å². The fraction of sp³-hybridized carbons (Fsp3) is 0.400. The number of esters is 2. The first-order valence-electron chi connectivity index (χ1n) is 4.52. The molecule has 0 unspecified atom stereocenters. The van der Waals surface area contributed by atoms with Crippen LogP contribution < -0.4 is 0 Å². The van der Waals surface area contributed by atoms with Gasteiger partial charge in [-0.05, 0) is 6.92 Å². The molecule has 0 spiro atoms. The molecule has 0 bridgehead atoms. The van der Waals surface area contributed by atoms with Crippen LogP contribution in [0, 0.1) is 0 Å². The average Bonchev–Trinajstić information content (AvgIpc) is 2.26. The van der Waals surface area contributed by atoms with Crippen molar-refractivity contribution in [1.82, 2.24) is 0 Å². The molecule has 0 radical (unpaired) electrons. The molecule has 1 aliphatic heterocycles. The van der Waals surface area contributed by atoms with Crippen molar-refractivity contribution in [2.24, 2.45) is 0 Å². The van der Waals surface area contributed by atoms with E-state index >= 15 is 0 Å². The molecule has 0 aliphatic carbocycles. The molecular formula is C10H12O5. The largest absolute Gasteiger partial charge is 0.396 e. The minimum Gasteiger partial charge on any atom is -0.395 e. The number of cyclic esters (lactones) is 2. The third-order valence-electron chi connectivity index (χ3n) is 1.66. The number of allylic oxidation sites excluding steroid dienone is 3. The minimum atomic E-state index is -2.27. The molecule has 0 saturated carbocycles. The second-order valence-electron chi connectivity index (χ2n) is 2.96. The van der Waals surface area contributed by atoms with E-state index in [9.17, 15) is 14.7 Å². The molecule has 0 aromatic heterocycles. The van der Waals surface area contributed by atoms with E-state index in [1.54, 1.807) is 19.1 Å². The van der Waals surface area contributed by atoms with Crippen LogP contribution in [0.15, 0.2) is 24.3 Å². The Labute approximate surface area is 87.0 Å². The van der Waals surface area contributed by atoms with Crippen molar-refractivity contribution in [2.45, 2.75) is 25.7 Å². The van der Waals surface area contributed by atoms with Crippen molar-refractivity contribution >= 4 is 11.9 Å². The van der Waals surface area contributed by atoms with Gasteiger partial charge in [0.15, 0.2) is 0 Å². The molecule has 1 N–H and O–H groups in total. The molecule has 1 heterocycles. The smallest absolute Gasteiger partial charge is 0.395 e. The summed E-state index contributed by atoms with van der Waals surface area (Å²) in [6.07, 6.45) is 5.65. The second-order valence-corrected chi connectivity index (χ2v) is 2.96. The third kappa shape index (κ3) is 3.55. The lowest BCUT2D eigenvalue weighted by Gasteiger charge is -2.20. The predicted octanol–water partition coefficient (Wildman–Crippen LogP) is 0.645. The fourth-order valence-corrected chi connectivity index (χ4v) is 1.01. The third-order valence-corrected chi connectivity index (χ3v) is 1.66. The molecule has 0 atom stereocenters. The van der Waals surface area contributed by atoms with E-state index in [0.29, 0.717) is 0 Å². The molecule has 1 rings (SSSR count). The standard InChI is InChI=1S/C10H12O5/c1-2-3-4-7-10(13)14-8(11)5-6-9(12)15-10/h2-4,7,13H,5-6H2,1H3/b3-2+,7-4+. The van der Waals surface area contributed by atoms with Crippen LogP contribution >= 0.6 is 0 Å². The van der Waals surface area contributed by atoms with Crippen LogP contribution in [-0.2, 0) is 19.1 Å². The van der Waals surface area contributed by atoms with Crippen LogP contribution in [0.5, 0.6) is 0 Å². The minimum absolute atomic E-state index is 0.0847. The molecule has 0 aromatic carbocycles. The van der Waals surface area contributed by atoms with E-state index in [4.69, 9.17) is 0 Å². The van der Waals surface area contributed by atoms with E-state index in [1.165, 1.54) is 6.08 Å². The van der Waals surface area contributed by atoms with E-state index < -0.39 is 17.9 Å². The van der Waals surface area contributed by atoms with Crippen LogP contribution in [0.4, 0.5) is 0 Å². The quantitative estimate of drug-likeness (QED) is 0.537. The summed E-state index contributed by atoms with van der Waals surface area (Å²) in [5.74, 6) is -3.62. The van der Waals surface area contributed by atoms with E-state index in [0.717, 1.165) is 6.08 Å². The lowest BCUT2D eigenvalue weighted by Crippen LogP contribution is -2.35. The van der Waals surface area contributed by atoms with Crippen molar-refractivity contribution in [1.29, 1.82) is 0 Å². The Kier molecular flexibility index (Phi) is 3.62. The first-order chi connectivity index (χ1) is 7.06. The summed E-state index contributed by atoms with van der Waals surface area (Å²) in [6, 6.07) is 0. The summed E-state index contributed by atoms with van der Waals surface area (Å²) < 4.78 is 9.14. The summed E-state index contributed by atoms with van der Waals surface area (Å²) in [5, 5.41) is 9.61. The highest BCUT2D eigenvalue weighted by molar-refractivity contribution is 5.79. The zero-order chi connectivity index (χ0) is 11.3. The predicted molar refractivity (Wildman–Crippen MR) is 50.3 cm³/mol. The number of hydrogen-bond donors (Lipinski definition) is 1. The number of rotatable bonds is 2. The van der Waals surface area contributed by atoms with Gasteiger partial charge in [-0.25, -0.2) is 0 Å². The van der Waals surface area contributed by atoms with Gasteiger partial charge in [-0.3, -0.25) is 9.59 Å². The van der Waals surface area contributed by atoms with E-state index in [1.807, 2.05) is 0 Å². The van der Waals surface area contributed by atoms with Crippen molar-refractivity contribution in [3.63, 3.8) is 0 Å². The highest BCUT2D eigenvalue weighted by Crippen LogP contribution is 2.18. The lowest BCUT2D eigenvalue weighted by molar-refractivity contribution is -0.291. The Bertz CT molecular complexity index is 298. The molecule has 1 aliphatic rings. The zero-order valence-electron chi connectivity index (χ0n) is 8.30. The van der Waals surface area contributed by atoms with Crippen molar-refractivity contribution in [3.8, 4) is 0 Å². The van der Waals surface area contributed by atoms with Crippen LogP contribution in [0.1, 0.15) is 19.8 Å². The van der Waals surface area contributed by atoms with Gasteiger partial charge in [0.25, 0.3) is 0 Å². The maximum atomic E-state index is 11.0. The van der Waals surface area contributed by atoms with Gasteiger partial charge < -0.3 is 14.6 Å². The normalized spacial score (nSPS) is 21.5. The Morgan fingerprint density at radius 3 is 2.20 bits per heavy atom. The molecule has 15 heavy (non-hydrogen) atoms. The zero-order valence-corrected chi connectivity index (χ0v) is 8.30. The lowest BCUT2D eigenvalue weighted by atomic mass is 10.3. The van der Waals surface area contributed by atoms with E-state index in [2.05, 4.69) is 9.47 Å². The van der Waals surface area contributed by atoms with E-state index in [-0.39, 0.29) is 12.8 Å². The summed E-state index contributed by atoms with van der Waals surface area (Å²) in [5.41, 5.74) is 0. The highest BCUT2D eigenvalue weighted by Gasteiger charge is 2.36. The SMILES string of the molecule is C/C=C/C=C/C1(O)OC(=O)CCC(=O)O1. The van der Waals surface area contributed by atoms with Gasteiger partial charge in [0.2, 0.25) is 0 Å². The van der Waals surface area contributed by atoms with Crippen LogP contribution in [-0.4, -0.2) is 23.0 Å². The molecular weight excluding hydrogens is 200 g/mol. The Hall–Kier alpha value is -1.62. The Morgan fingerprint density at radius 2 is 1.73 bits per heavy atom. The number of carbonyl (C=O) groups excluding carboxylic acids is 2. The summed E-state index contributed by atoms with van der Waals surface area (Å²) in [7, 11) is 0. The van der Waals surface area contributed by atoms with Gasteiger partial charge in [0.1, 0.15) is 0 Å². The summed E-state index contributed by atoms with van der Waals surface area (Å²) >= 11 is 0. The van der Waals surface area contributed by atoms with Gasteiger partial charge in [-0.2, -0.15) is 0 Å². The fourth-order valence-electron chi connectivity index (χ4n) is 1.01. The molecule has 0 aromatic rings. The molecule has 5 heteroatoms. The number of aliphatic hydroxyl groups is 1. The maximum Gasteiger partial charge on any atom is 0.396 e. The average molecular weight is 212 g/mol. The van der Waals surface area contributed by atoms with Crippen molar-refractivity contribution in [2.75, 3.05) is 0 Å². The monoisotopic (exact) mass is 212 g/mol. The van der Waals surface area contributed by atoms with Crippen LogP contribution in [0.2, 0.25) is 0 Å². The van der Waals surface area contributed by atoms with Crippen LogP contribution in [0.3, 0.4) is 0 Å². The van der Waals surface area contributed by atoms with Crippen LogP contribution in [0.25, 0.3) is 0 Å². The van der Waals surface area contributed by atoms with Gasteiger partial charge >= 0.3 is 17.9 Å². The number of ether oxygens (including phenoxy) is 2. The Morgan fingerprint density at radius 1 is 1.20 bits per heavy atom. The summed E-state index contributed by atoms with van der Waals surface area (Å²) in [6.45, 7) is 1.78.